The zero-order chi connectivity index (χ0) is 7.28. The molecule has 9 heavy (non-hydrogen) atoms. The highest BCUT2D eigenvalue weighted by atomic mass is 32.2. The number of hydrogen-bond acceptors (Lipinski definition) is 3. The zero-order valence-corrected chi connectivity index (χ0v) is 6.40. The van der Waals surface area contributed by atoms with E-state index in [2.05, 4.69) is 0 Å². The lowest BCUT2D eigenvalue weighted by Crippen LogP contribution is -2.64. The molecule has 0 aliphatic carbocycles. The fourth-order valence-electron chi connectivity index (χ4n) is 0.783. The molecule has 0 radical (unpaired) electrons. The summed E-state index contributed by atoms with van der Waals surface area (Å²) in [4.78, 5) is 0. The van der Waals surface area contributed by atoms with Crippen LogP contribution >= 0.6 is 0 Å². The molecule has 54 valence electrons. The van der Waals surface area contributed by atoms with Crippen LogP contribution in [0.2, 0.25) is 0 Å². The summed E-state index contributed by atoms with van der Waals surface area (Å²) in [7, 11) is -2.83. The van der Waals surface area contributed by atoms with Gasteiger partial charge in [-0.05, 0) is 13.8 Å². The minimum absolute atomic E-state index is 0.153. The van der Waals surface area contributed by atoms with Crippen LogP contribution in [-0.2, 0) is 9.84 Å². The SMILES string of the molecule is CC1(C)[C@@H](N)CS1(=O)=O. The standard InChI is InChI=1S/C5H11NO2S/c1-5(2)4(6)3-9(5,7)8/h4H,3,6H2,1-2H3/t4-/m0/s1. The Morgan fingerprint density at radius 1 is 1.56 bits per heavy atom. The van der Waals surface area contributed by atoms with Crippen LogP contribution in [0.4, 0.5) is 0 Å². The molecule has 2 N–H and O–H groups in total. The molecule has 1 saturated heterocycles. The van der Waals surface area contributed by atoms with Crippen LogP contribution in [0.3, 0.4) is 0 Å². The molecule has 1 aliphatic heterocycles. The fourth-order valence-corrected chi connectivity index (χ4v) is 2.35. The zero-order valence-electron chi connectivity index (χ0n) is 5.59. The van der Waals surface area contributed by atoms with E-state index < -0.39 is 14.6 Å². The van der Waals surface area contributed by atoms with Crippen LogP contribution in [0.5, 0.6) is 0 Å². The van der Waals surface area contributed by atoms with Gasteiger partial charge in [0.15, 0.2) is 9.84 Å². The monoisotopic (exact) mass is 149 g/mol. The number of rotatable bonds is 0. The van der Waals surface area contributed by atoms with Gasteiger partial charge in [0.25, 0.3) is 0 Å². The minimum Gasteiger partial charge on any atom is -0.325 e. The Bertz CT molecular complexity index is 217. The van der Waals surface area contributed by atoms with Gasteiger partial charge in [-0.1, -0.05) is 0 Å². The van der Waals surface area contributed by atoms with E-state index in [1.54, 1.807) is 13.8 Å². The van der Waals surface area contributed by atoms with E-state index in [-0.39, 0.29) is 11.8 Å². The Kier molecular flexibility index (Phi) is 1.16. The van der Waals surface area contributed by atoms with Crippen LogP contribution in [0.1, 0.15) is 13.8 Å². The van der Waals surface area contributed by atoms with Crippen molar-refractivity contribution >= 4 is 9.84 Å². The predicted molar refractivity (Wildman–Crippen MR) is 35.8 cm³/mol. The van der Waals surface area contributed by atoms with Gasteiger partial charge in [-0.2, -0.15) is 0 Å². The Hall–Kier alpha value is -0.0900. The first-order chi connectivity index (χ1) is 3.88. The Balaban J connectivity index is 2.96. The van der Waals surface area contributed by atoms with E-state index in [0.29, 0.717) is 0 Å². The summed E-state index contributed by atoms with van der Waals surface area (Å²) in [6.45, 7) is 3.33. The average molecular weight is 149 g/mol. The molecule has 0 aromatic carbocycles. The maximum atomic E-state index is 10.9. The molecule has 0 saturated carbocycles. The van der Waals surface area contributed by atoms with Gasteiger partial charge in [0, 0.05) is 6.04 Å². The van der Waals surface area contributed by atoms with Crippen molar-refractivity contribution in [3.63, 3.8) is 0 Å². The van der Waals surface area contributed by atoms with Crippen molar-refractivity contribution in [1.29, 1.82) is 0 Å². The maximum absolute atomic E-state index is 10.9. The second-order valence-electron chi connectivity index (χ2n) is 2.99. The third kappa shape index (κ3) is 0.697. The third-order valence-electron chi connectivity index (χ3n) is 2.09. The molecule has 0 aromatic rings. The first-order valence-electron chi connectivity index (χ1n) is 2.86. The predicted octanol–water partition coefficient (Wildman–Crippen LogP) is -0.479. The molecule has 1 rings (SSSR count). The topological polar surface area (TPSA) is 60.2 Å². The van der Waals surface area contributed by atoms with Crippen molar-refractivity contribution in [3.8, 4) is 0 Å². The van der Waals surface area contributed by atoms with Crippen LogP contribution < -0.4 is 5.73 Å². The average Bonchev–Trinajstić information content (AvgIpc) is 1.65. The highest BCUT2D eigenvalue weighted by molar-refractivity contribution is 7.94. The summed E-state index contributed by atoms with van der Waals surface area (Å²) in [5, 5.41) is 0. The first-order valence-corrected chi connectivity index (χ1v) is 4.51. The number of sulfone groups is 1. The molecule has 0 aromatic heterocycles. The number of nitrogens with two attached hydrogens (primary N) is 1. The normalized spacial score (nSPS) is 37.4. The van der Waals surface area contributed by atoms with Crippen molar-refractivity contribution in [2.24, 2.45) is 5.73 Å². The van der Waals surface area contributed by atoms with Crippen LogP contribution in [0.25, 0.3) is 0 Å². The molecule has 3 nitrogen and oxygen atoms in total. The molecule has 1 atom stereocenters. The van der Waals surface area contributed by atoms with Gasteiger partial charge >= 0.3 is 0 Å². The Morgan fingerprint density at radius 2 is 2.00 bits per heavy atom. The molecule has 4 heteroatoms. The number of hydrogen-bond donors (Lipinski definition) is 1. The van der Waals surface area contributed by atoms with Crippen molar-refractivity contribution < 1.29 is 8.42 Å². The summed E-state index contributed by atoms with van der Waals surface area (Å²) in [5.74, 6) is 0.153. The van der Waals surface area contributed by atoms with Crippen molar-refractivity contribution in [2.45, 2.75) is 24.6 Å². The van der Waals surface area contributed by atoms with Gasteiger partial charge in [-0.25, -0.2) is 8.42 Å². The lowest BCUT2D eigenvalue weighted by Gasteiger charge is -2.40. The van der Waals surface area contributed by atoms with Crippen molar-refractivity contribution in [1.82, 2.24) is 0 Å². The molecule has 1 aliphatic rings. The fraction of sp³-hybridized carbons (Fsp3) is 1.00. The van der Waals surface area contributed by atoms with Crippen LogP contribution in [0, 0.1) is 0 Å². The lowest BCUT2D eigenvalue weighted by molar-refractivity contribution is 0.449. The van der Waals surface area contributed by atoms with Crippen molar-refractivity contribution in [2.75, 3.05) is 5.75 Å². The molecule has 0 spiro atoms. The molecular formula is C5H11NO2S. The van der Waals surface area contributed by atoms with Gasteiger partial charge in [0.1, 0.15) is 0 Å². The van der Waals surface area contributed by atoms with Gasteiger partial charge in [0.2, 0.25) is 0 Å². The van der Waals surface area contributed by atoms with Crippen LogP contribution in [0.15, 0.2) is 0 Å². The molecular weight excluding hydrogens is 138 g/mol. The first kappa shape index (κ1) is 7.02. The van der Waals surface area contributed by atoms with Gasteiger partial charge < -0.3 is 5.73 Å². The smallest absolute Gasteiger partial charge is 0.158 e. The lowest BCUT2D eigenvalue weighted by atomic mass is 10.1. The van der Waals surface area contributed by atoms with E-state index in [4.69, 9.17) is 5.73 Å². The molecule has 1 heterocycles. The minimum atomic E-state index is -2.83. The van der Waals surface area contributed by atoms with Gasteiger partial charge in [-0.15, -0.1) is 0 Å². The van der Waals surface area contributed by atoms with Crippen LogP contribution in [-0.4, -0.2) is 25.0 Å². The summed E-state index contributed by atoms with van der Waals surface area (Å²) in [5.41, 5.74) is 5.45. The van der Waals surface area contributed by atoms with E-state index >= 15 is 0 Å². The highest BCUT2D eigenvalue weighted by Crippen LogP contribution is 2.31. The molecule has 0 amide bonds. The van der Waals surface area contributed by atoms with Gasteiger partial charge in [0.05, 0.1) is 10.5 Å². The van der Waals surface area contributed by atoms with E-state index in [1.807, 2.05) is 0 Å². The second kappa shape index (κ2) is 1.49. The Morgan fingerprint density at radius 3 is 2.00 bits per heavy atom. The quantitative estimate of drug-likeness (QED) is 0.506. The molecule has 1 fully saturated rings. The van der Waals surface area contributed by atoms with E-state index in [0.717, 1.165) is 0 Å². The summed E-state index contributed by atoms with van der Waals surface area (Å²) in [6.07, 6.45) is 0. The largest absolute Gasteiger partial charge is 0.325 e. The van der Waals surface area contributed by atoms with Crippen molar-refractivity contribution in [3.05, 3.63) is 0 Å². The third-order valence-corrected chi connectivity index (χ3v) is 4.80. The highest BCUT2D eigenvalue weighted by Gasteiger charge is 2.51. The van der Waals surface area contributed by atoms with E-state index in [9.17, 15) is 8.42 Å². The van der Waals surface area contributed by atoms with Gasteiger partial charge in [-0.3, -0.25) is 0 Å². The molecule has 0 bridgehead atoms. The van der Waals surface area contributed by atoms with E-state index in [1.165, 1.54) is 0 Å². The maximum Gasteiger partial charge on any atom is 0.158 e. The second-order valence-corrected chi connectivity index (χ2v) is 5.61. The summed E-state index contributed by atoms with van der Waals surface area (Å²) >= 11 is 0. The molecule has 0 unspecified atom stereocenters. The Labute approximate surface area is 55.2 Å². The summed E-state index contributed by atoms with van der Waals surface area (Å²) < 4.78 is 21.1. The summed E-state index contributed by atoms with van der Waals surface area (Å²) in [6, 6.07) is -0.164.